The maximum atomic E-state index is 9.88. The molecule has 2 rings (SSSR count). The minimum Gasteiger partial charge on any atom is -0.508 e. The molecule has 0 radical (unpaired) electrons. The fraction of sp³-hybridized carbons (Fsp3) is 0.600. The summed E-state index contributed by atoms with van der Waals surface area (Å²) < 4.78 is 5.20. The zero-order valence-corrected chi connectivity index (χ0v) is 11.4. The van der Waals surface area contributed by atoms with E-state index in [0.29, 0.717) is 5.75 Å². The van der Waals surface area contributed by atoms with Gasteiger partial charge in [-0.1, -0.05) is 13.3 Å². The monoisotopic (exact) mass is 249 g/mol. The van der Waals surface area contributed by atoms with Crippen molar-refractivity contribution in [3.8, 4) is 11.5 Å². The summed E-state index contributed by atoms with van der Waals surface area (Å²) in [5.74, 6) is 2.07. The number of hydrogen-bond acceptors (Lipinski definition) is 3. The maximum absolute atomic E-state index is 9.88. The lowest BCUT2D eigenvalue weighted by Crippen LogP contribution is -2.33. The highest BCUT2D eigenvalue weighted by atomic mass is 16.5. The highest BCUT2D eigenvalue weighted by Crippen LogP contribution is 2.27. The number of rotatable bonds is 4. The predicted molar refractivity (Wildman–Crippen MR) is 73.0 cm³/mol. The Morgan fingerprint density at radius 2 is 2.06 bits per heavy atom. The van der Waals surface area contributed by atoms with E-state index in [-0.39, 0.29) is 0 Å². The van der Waals surface area contributed by atoms with Gasteiger partial charge in [-0.15, -0.1) is 0 Å². The van der Waals surface area contributed by atoms with Crippen LogP contribution in [0.4, 0.5) is 0 Å². The molecule has 1 aliphatic rings. The Kier molecular flexibility index (Phi) is 4.48. The Morgan fingerprint density at radius 3 is 2.67 bits per heavy atom. The molecule has 1 fully saturated rings. The van der Waals surface area contributed by atoms with Gasteiger partial charge in [0.25, 0.3) is 0 Å². The average molecular weight is 249 g/mol. The van der Waals surface area contributed by atoms with Gasteiger partial charge in [0, 0.05) is 12.1 Å². The van der Waals surface area contributed by atoms with Crippen molar-refractivity contribution in [3.63, 3.8) is 0 Å². The van der Waals surface area contributed by atoms with E-state index in [1.807, 2.05) is 6.07 Å². The van der Waals surface area contributed by atoms with Gasteiger partial charge in [0.2, 0.25) is 0 Å². The van der Waals surface area contributed by atoms with Crippen molar-refractivity contribution in [2.75, 3.05) is 20.2 Å². The summed E-state index contributed by atoms with van der Waals surface area (Å²) in [6.07, 6.45) is 3.85. The van der Waals surface area contributed by atoms with Gasteiger partial charge >= 0.3 is 0 Å². The van der Waals surface area contributed by atoms with Crippen LogP contribution in [0.1, 0.15) is 31.7 Å². The molecule has 0 aromatic heterocycles. The van der Waals surface area contributed by atoms with E-state index in [1.165, 1.54) is 19.3 Å². The van der Waals surface area contributed by atoms with Crippen molar-refractivity contribution in [3.05, 3.63) is 23.8 Å². The Bertz CT molecular complexity index is 384. The number of likely N-dealkylation sites (tertiary alicyclic amines) is 1. The molecule has 1 saturated heterocycles. The summed E-state index contributed by atoms with van der Waals surface area (Å²) >= 11 is 0. The van der Waals surface area contributed by atoms with Gasteiger partial charge in [-0.05, 0) is 50.0 Å². The van der Waals surface area contributed by atoms with Crippen molar-refractivity contribution in [2.45, 2.75) is 32.7 Å². The zero-order valence-electron chi connectivity index (χ0n) is 11.4. The molecule has 0 unspecified atom stereocenters. The summed E-state index contributed by atoms with van der Waals surface area (Å²) in [7, 11) is 1.66. The van der Waals surface area contributed by atoms with Crippen molar-refractivity contribution < 1.29 is 9.84 Å². The third-order valence-electron chi connectivity index (χ3n) is 3.97. The Balaban J connectivity index is 1.97. The molecule has 0 bridgehead atoms. The van der Waals surface area contributed by atoms with Crippen LogP contribution in [0, 0.1) is 5.92 Å². The summed E-state index contributed by atoms with van der Waals surface area (Å²) in [6, 6.07) is 5.44. The molecular formula is C15H23NO2. The zero-order chi connectivity index (χ0) is 13.0. The van der Waals surface area contributed by atoms with Crippen molar-refractivity contribution in [2.24, 2.45) is 5.92 Å². The van der Waals surface area contributed by atoms with E-state index < -0.39 is 0 Å². The number of phenols is 1. The SMILES string of the molecule is CCC1CCN(Cc2cc(OC)ccc2O)CC1. The first-order valence-electron chi connectivity index (χ1n) is 6.81. The van der Waals surface area contributed by atoms with Crippen LogP contribution in [0.2, 0.25) is 0 Å². The van der Waals surface area contributed by atoms with Crippen molar-refractivity contribution >= 4 is 0 Å². The van der Waals surface area contributed by atoms with E-state index in [4.69, 9.17) is 4.74 Å². The van der Waals surface area contributed by atoms with E-state index in [1.54, 1.807) is 19.2 Å². The Labute approximate surface area is 109 Å². The molecule has 1 aromatic carbocycles. The van der Waals surface area contributed by atoms with Gasteiger partial charge in [-0.2, -0.15) is 0 Å². The summed E-state index contributed by atoms with van der Waals surface area (Å²) in [4.78, 5) is 2.42. The van der Waals surface area contributed by atoms with Crippen LogP contribution in [-0.4, -0.2) is 30.2 Å². The van der Waals surface area contributed by atoms with Crippen molar-refractivity contribution in [1.29, 1.82) is 0 Å². The normalized spacial score (nSPS) is 17.9. The number of ether oxygens (including phenoxy) is 1. The Morgan fingerprint density at radius 1 is 1.33 bits per heavy atom. The van der Waals surface area contributed by atoms with Crippen LogP contribution < -0.4 is 4.74 Å². The average Bonchev–Trinajstić information content (AvgIpc) is 2.42. The first-order chi connectivity index (χ1) is 8.72. The molecule has 0 aliphatic carbocycles. The molecule has 18 heavy (non-hydrogen) atoms. The topological polar surface area (TPSA) is 32.7 Å². The fourth-order valence-corrected chi connectivity index (χ4v) is 2.61. The second-order valence-electron chi connectivity index (χ2n) is 5.12. The number of methoxy groups -OCH3 is 1. The number of piperidine rings is 1. The van der Waals surface area contributed by atoms with Crippen LogP contribution in [0.25, 0.3) is 0 Å². The molecule has 0 saturated carbocycles. The highest BCUT2D eigenvalue weighted by molar-refractivity contribution is 5.39. The molecule has 100 valence electrons. The smallest absolute Gasteiger partial charge is 0.120 e. The van der Waals surface area contributed by atoms with Gasteiger partial charge in [-0.25, -0.2) is 0 Å². The summed E-state index contributed by atoms with van der Waals surface area (Å²) in [5.41, 5.74) is 0.962. The van der Waals surface area contributed by atoms with Crippen LogP contribution in [0.15, 0.2) is 18.2 Å². The fourth-order valence-electron chi connectivity index (χ4n) is 2.61. The second-order valence-corrected chi connectivity index (χ2v) is 5.12. The molecule has 3 heteroatoms. The maximum Gasteiger partial charge on any atom is 0.120 e. The van der Waals surface area contributed by atoms with Crippen LogP contribution in [-0.2, 0) is 6.54 Å². The molecule has 3 nitrogen and oxygen atoms in total. The molecule has 1 heterocycles. The van der Waals surface area contributed by atoms with E-state index in [9.17, 15) is 5.11 Å². The largest absolute Gasteiger partial charge is 0.508 e. The van der Waals surface area contributed by atoms with Gasteiger partial charge in [0.1, 0.15) is 11.5 Å². The van der Waals surface area contributed by atoms with E-state index in [2.05, 4.69) is 11.8 Å². The third-order valence-corrected chi connectivity index (χ3v) is 3.97. The molecule has 0 amide bonds. The number of hydrogen-bond donors (Lipinski definition) is 1. The van der Waals surface area contributed by atoms with Gasteiger partial charge in [-0.3, -0.25) is 4.90 Å². The molecule has 0 spiro atoms. The first kappa shape index (κ1) is 13.2. The quantitative estimate of drug-likeness (QED) is 0.890. The standard InChI is InChI=1S/C15H23NO2/c1-3-12-6-8-16(9-7-12)11-13-10-14(18-2)4-5-15(13)17/h4-5,10,12,17H,3,6-9,11H2,1-2H3. The van der Waals surface area contributed by atoms with Gasteiger partial charge in [0.05, 0.1) is 7.11 Å². The number of nitrogens with zero attached hydrogens (tertiary/aromatic N) is 1. The minimum absolute atomic E-state index is 0.369. The summed E-state index contributed by atoms with van der Waals surface area (Å²) in [5, 5.41) is 9.88. The van der Waals surface area contributed by atoms with Gasteiger partial charge in [0.15, 0.2) is 0 Å². The summed E-state index contributed by atoms with van der Waals surface area (Å²) in [6.45, 7) is 5.36. The number of aromatic hydroxyl groups is 1. The first-order valence-corrected chi connectivity index (χ1v) is 6.81. The van der Waals surface area contributed by atoms with E-state index in [0.717, 1.165) is 36.9 Å². The molecule has 1 N–H and O–H groups in total. The molecule has 1 aliphatic heterocycles. The number of benzene rings is 1. The lowest BCUT2D eigenvalue weighted by molar-refractivity contribution is 0.173. The van der Waals surface area contributed by atoms with Gasteiger partial charge < -0.3 is 9.84 Å². The predicted octanol–water partition coefficient (Wildman–Crippen LogP) is 3.02. The lowest BCUT2D eigenvalue weighted by atomic mass is 9.94. The molecule has 1 aromatic rings. The van der Waals surface area contributed by atoms with Crippen LogP contribution >= 0.6 is 0 Å². The molecule has 0 atom stereocenters. The lowest BCUT2D eigenvalue weighted by Gasteiger charge is -2.31. The number of phenolic OH excluding ortho intramolecular Hbond substituents is 1. The minimum atomic E-state index is 0.369. The van der Waals surface area contributed by atoms with E-state index >= 15 is 0 Å². The van der Waals surface area contributed by atoms with Crippen LogP contribution in [0.3, 0.4) is 0 Å². The van der Waals surface area contributed by atoms with Crippen LogP contribution in [0.5, 0.6) is 11.5 Å². The highest BCUT2D eigenvalue weighted by Gasteiger charge is 2.18. The van der Waals surface area contributed by atoms with Crippen molar-refractivity contribution in [1.82, 2.24) is 4.90 Å². The third kappa shape index (κ3) is 3.16. The molecular weight excluding hydrogens is 226 g/mol. The second kappa shape index (κ2) is 6.10. The Hall–Kier alpha value is -1.22.